The fraction of sp³-hybridized carbons (Fsp3) is 0.513. The first-order valence-electron chi connectivity index (χ1n) is 16.8. The van der Waals surface area contributed by atoms with Crippen molar-refractivity contribution in [1.29, 1.82) is 0 Å². The zero-order chi connectivity index (χ0) is 35.3. The Balaban J connectivity index is 0.00000246. The number of aliphatic hydroxyl groups excluding tert-OH is 2. The van der Waals surface area contributed by atoms with Gasteiger partial charge >= 0.3 is 33.3 Å². The van der Waals surface area contributed by atoms with E-state index in [1.54, 1.807) is 0 Å². The molecule has 0 spiro atoms. The van der Waals surface area contributed by atoms with Crippen LogP contribution in [0.15, 0.2) is 52.4 Å². The summed E-state index contributed by atoms with van der Waals surface area (Å²) in [5.41, 5.74) is 13.0. The van der Waals surface area contributed by atoms with Gasteiger partial charge in [0.1, 0.15) is 0 Å². The average Bonchev–Trinajstić information content (AvgIpc) is 3.03. The predicted octanol–water partition coefficient (Wildman–Crippen LogP) is 11.1. The first-order valence-corrected chi connectivity index (χ1v) is 19.8. The van der Waals surface area contributed by atoms with E-state index in [0.29, 0.717) is 23.7 Å². The summed E-state index contributed by atoms with van der Waals surface area (Å²) in [6.07, 6.45) is 3.26. The number of aromatic nitrogens is 1. The molecule has 2 N–H and O–H groups in total. The molecule has 47 heavy (non-hydrogen) atoms. The van der Waals surface area contributed by atoms with Gasteiger partial charge in [-0.25, -0.2) is 4.98 Å². The van der Waals surface area contributed by atoms with E-state index in [9.17, 15) is 10.2 Å². The molecule has 0 bridgehead atoms. The molecule has 0 aliphatic carbocycles. The molecular formula is C39H55Cl2FeN3O2. The predicted molar refractivity (Wildman–Crippen MR) is 200 cm³/mol. The van der Waals surface area contributed by atoms with Crippen LogP contribution in [0, 0.1) is 0 Å². The summed E-state index contributed by atoms with van der Waals surface area (Å²) in [6.45, 7) is 22.3. The Morgan fingerprint density at radius 2 is 0.936 bits per heavy atom. The van der Waals surface area contributed by atoms with Crippen LogP contribution in [0.25, 0.3) is 0 Å². The fourth-order valence-electron chi connectivity index (χ4n) is 5.65. The number of rotatable bonds is 14. The third-order valence-electron chi connectivity index (χ3n) is 8.24. The summed E-state index contributed by atoms with van der Waals surface area (Å²) in [7, 11) is 9.53. The van der Waals surface area contributed by atoms with E-state index in [1.807, 2.05) is 32.0 Å². The second-order valence-corrected chi connectivity index (χ2v) is 15.2. The fourth-order valence-corrected chi connectivity index (χ4v) is 5.65. The maximum atomic E-state index is 9.40. The van der Waals surface area contributed by atoms with Gasteiger partial charge < -0.3 is 10.2 Å². The van der Waals surface area contributed by atoms with E-state index in [2.05, 4.69) is 79.7 Å². The van der Waals surface area contributed by atoms with Crippen LogP contribution in [-0.4, -0.2) is 39.8 Å². The van der Waals surface area contributed by atoms with Crippen LogP contribution >= 0.6 is 20.2 Å². The minimum atomic E-state index is 0.194. The zero-order valence-corrected chi connectivity index (χ0v) is 32.6. The molecule has 2 aromatic carbocycles. The molecule has 3 rings (SSSR count). The monoisotopic (exact) mass is 723 g/mol. The van der Waals surface area contributed by atoms with E-state index in [4.69, 9.17) is 35.2 Å². The number of halogens is 2. The summed E-state index contributed by atoms with van der Waals surface area (Å²) < 4.78 is 0. The van der Waals surface area contributed by atoms with Gasteiger partial charge in [-0.1, -0.05) is 85.7 Å². The standard InChI is InChI=1S/C39H55N3O2.2ClH.Fe/c1-24(2)32-20-30(14-12-18-43)21-33(25(3)4)38(32)40-28(9)36-16-11-17-37(42-36)29(10)41-39-34(26(5)6)22-31(15-13-19-44)23-35(39)27(7)8;;;/h11,16-17,20-27,43-44H,12-15,18-19H2,1-10H3;2*1H;/q;;;+2/p-2. The van der Waals surface area contributed by atoms with E-state index < -0.39 is 0 Å². The Morgan fingerprint density at radius 3 is 1.19 bits per heavy atom. The zero-order valence-electron chi connectivity index (χ0n) is 29.9. The molecule has 0 aliphatic rings. The second kappa shape index (κ2) is 20.5. The number of pyridine rings is 1. The average molecular weight is 725 g/mol. The molecule has 5 nitrogen and oxygen atoms in total. The van der Waals surface area contributed by atoms with Crippen molar-refractivity contribution < 1.29 is 23.3 Å². The van der Waals surface area contributed by atoms with Crippen molar-refractivity contribution in [3.05, 3.63) is 87.2 Å². The molecule has 0 radical (unpaired) electrons. The van der Waals surface area contributed by atoms with Crippen LogP contribution in [0.2, 0.25) is 0 Å². The Morgan fingerprint density at radius 1 is 0.638 bits per heavy atom. The Bertz CT molecular complexity index is 1330. The molecular weight excluding hydrogens is 669 g/mol. The van der Waals surface area contributed by atoms with Crippen LogP contribution < -0.4 is 0 Å². The van der Waals surface area contributed by atoms with Crippen molar-refractivity contribution in [3.8, 4) is 0 Å². The molecule has 8 heteroatoms. The van der Waals surface area contributed by atoms with Crippen molar-refractivity contribution in [2.24, 2.45) is 9.98 Å². The van der Waals surface area contributed by atoms with Crippen LogP contribution in [0.4, 0.5) is 11.4 Å². The second-order valence-electron chi connectivity index (χ2n) is 13.4. The molecule has 0 atom stereocenters. The van der Waals surface area contributed by atoms with Crippen molar-refractivity contribution in [3.63, 3.8) is 0 Å². The van der Waals surface area contributed by atoms with E-state index in [1.165, 1.54) is 33.4 Å². The third kappa shape index (κ3) is 12.1. The van der Waals surface area contributed by atoms with Crippen LogP contribution in [-0.2, 0) is 26.0 Å². The van der Waals surface area contributed by atoms with Gasteiger partial charge in [0.05, 0.1) is 34.2 Å². The molecule has 0 amide bonds. The molecule has 1 aromatic heterocycles. The summed E-state index contributed by atoms with van der Waals surface area (Å²) in [5, 5.41) is 18.8. The molecule has 0 aliphatic heterocycles. The molecule has 260 valence electrons. The van der Waals surface area contributed by atoms with Crippen LogP contribution in [0.1, 0.15) is 151 Å². The number of aryl methyl sites for hydroxylation is 2. The number of aliphatic imine (C=N–C) groups is 2. The molecule has 0 saturated heterocycles. The third-order valence-corrected chi connectivity index (χ3v) is 8.24. The van der Waals surface area contributed by atoms with E-state index >= 15 is 0 Å². The first-order chi connectivity index (χ1) is 22.3. The van der Waals surface area contributed by atoms with Gasteiger partial charge in [0.15, 0.2) is 0 Å². The maximum absolute atomic E-state index is 9.40. The molecule has 0 fully saturated rings. The van der Waals surface area contributed by atoms with Gasteiger partial charge in [-0.3, -0.25) is 9.98 Å². The van der Waals surface area contributed by atoms with Crippen molar-refractivity contribution in [2.75, 3.05) is 13.2 Å². The Kier molecular flexibility index (Phi) is 17.9. The number of benzene rings is 2. The van der Waals surface area contributed by atoms with Crippen LogP contribution in [0.5, 0.6) is 0 Å². The minimum absolute atomic E-state index is 0.194. The van der Waals surface area contributed by atoms with Gasteiger partial charge in [0.2, 0.25) is 0 Å². The van der Waals surface area contributed by atoms with Gasteiger partial charge in [-0.15, -0.1) is 0 Å². The van der Waals surface area contributed by atoms with Crippen molar-refractivity contribution >= 4 is 43.0 Å². The summed E-state index contributed by atoms with van der Waals surface area (Å²) in [4.78, 5) is 15.5. The van der Waals surface area contributed by atoms with Gasteiger partial charge in [0, 0.05) is 13.2 Å². The summed E-state index contributed by atoms with van der Waals surface area (Å²) >= 11 is 0.194. The molecule has 1 heterocycles. The number of hydrogen-bond acceptors (Lipinski definition) is 5. The quantitative estimate of drug-likeness (QED) is 0.128. The van der Waals surface area contributed by atoms with E-state index in [0.717, 1.165) is 59.9 Å². The van der Waals surface area contributed by atoms with Gasteiger partial charge in [-0.05, 0) is 109 Å². The summed E-state index contributed by atoms with van der Waals surface area (Å²) in [5.74, 6) is 1.29. The van der Waals surface area contributed by atoms with Crippen molar-refractivity contribution in [1.82, 2.24) is 4.98 Å². The molecule has 0 saturated carbocycles. The Hall–Kier alpha value is -2.05. The molecule has 0 unspecified atom stereocenters. The summed E-state index contributed by atoms with van der Waals surface area (Å²) in [6, 6.07) is 15.2. The SMILES string of the molecule is CC(=Nc1c(C(C)C)cc(CCCO)cc1C(C)C)c1cccc(C(C)=Nc2c(C(C)C)cc(CCCO)cc2C(C)C)n1.[Cl][Fe][Cl]. The van der Waals surface area contributed by atoms with Crippen molar-refractivity contribution in [2.45, 2.75) is 119 Å². The van der Waals surface area contributed by atoms with Gasteiger partial charge in [-0.2, -0.15) is 0 Å². The Labute approximate surface area is 299 Å². The van der Waals surface area contributed by atoms with Crippen LogP contribution in [0.3, 0.4) is 0 Å². The van der Waals surface area contributed by atoms with E-state index in [-0.39, 0.29) is 26.3 Å². The number of nitrogens with zero attached hydrogens (tertiary/aromatic N) is 3. The number of aliphatic hydroxyl groups is 2. The van der Waals surface area contributed by atoms with Gasteiger partial charge in [0.25, 0.3) is 0 Å². The molecule has 3 aromatic rings. The number of hydrogen-bond donors (Lipinski definition) is 2. The normalized spacial score (nSPS) is 12.5. The first kappa shape index (κ1) is 41.1. The topological polar surface area (TPSA) is 78.1 Å².